The molecule has 3 N–H and O–H groups in total. The van der Waals surface area contributed by atoms with Crippen molar-refractivity contribution in [2.45, 2.75) is 58.5 Å². The first-order valence-corrected chi connectivity index (χ1v) is 14.7. The maximum Gasteiger partial charge on any atom is 0.326 e. The first-order valence-electron chi connectivity index (χ1n) is 14.7. The van der Waals surface area contributed by atoms with Crippen LogP contribution in [0, 0.1) is 12.3 Å². The van der Waals surface area contributed by atoms with Crippen molar-refractivity contribution in [2.24, 2.45) is 5.41 Å². The normalized spacial score (nSPS) is 19.1. The molecule has 3 aliphatic rings. The van der Waals surface area contributed by atoms with Crippen molar-refractivity contribution >= 4 is 23.7 Å². The zero-order chi connectivity index (χ0) is 30.6. The SMILES string of the molecule is CCn1ncc(C(=O)N2CCC3(CC2)Cc2cccc(c2)Oc2ccc(cc2)C[C@@H](C(=O)O)NC(=O)CCNC3=O)c1C. The van der Waals surface area contributed by atoms with Crippen LogP contribution in [-0.2, 0) is 33.8 Å². The summed E-state index contributed by atoms with van der Waals surface area (Å²) >= 11 is 0. The Labute approximate surface area is 250 Å². The first-order chi connectivity index (χ1) is 20.7. The molecule has 11 heteroatoms. The molecule has 1 atom stereocenters. The number of fused-ring (bicyclic) bond motifs is 9. The van der Waals surface area contributed by atoms with Gasteiger partial charge < -0.3 is 25.4 Å². The number of carbonyl (C=O) groups is 4. The van der Waals surface area contributed by atoms with Crippen molar-refractivity contribution < 1.29 is 29.0 Å². The summed E-state index contributed by atoms with van der Waals surface area (Å²) in [4.78, 5) is 53.4. The molecule has 1 fully saturated rings. The minimum Gasteiger partial charge on any atom is -0.480 e. The van der Waals surface area contributed by atoms with Crippen molar-refractivity contribution in [1.29, 1.82) is 0 Å². The molecule has 43 heavy (non-hydrogen) atoms. The third-order valence-corrected chi connectivity index (χ3v) is 8.43. The Kier molecular flexibility index (Phi) is 8.79. The van der Waals surface area contributed by atoms with E-state index in [4.69, 9.17) is 4.74 Å². The van der Waals surface area contributed by atoms with E-state index in [0.717, 1.165) is 16.8 Å². The smallest absolute Gasteiger partial charge is 0.326 e. The number of carboxylic acid groups (broad SMARTS) is 1. The number of hydrogen-bond donors (Lipinski definition) is 3. The van der Waals surface area contributed by atoms with Gasteiger partial charge in [0, 0.05) is 44.7 Å². The Morgan fingerprint density at radius 1 is 1.07 bits per heavy atom. The number of aromatic nitrogens is 2. The van der Waals surface area contributed by atoms with Crippen LogP contribution in [0.15, 0.2) is 54.7 Å². The summed E-state index contributed by atoms with van der Waals surface area (Å²) in [7, 11) is 0. The molecule has 226 valence electrons. The summed E-state index contributed by atoms with van der Waals surface area (Å²) in [6.45, 7) is 5.38. The second kappa shape index (κ2) is 12.7. The number of nitrogens with zero attached hydrogens (tertiary/aromatic N) is 3. The molecule has 3 aromatic rings. The predicted octanol–water partition coefficient (Wildman–Crippen LogP) is 3.10. The van der Waals surface area contributed by atoms with E-state index in [1.807, 2.05) is 38.1 Å². The number of amides is 3. The maximum absolute atomic E-state index is 13.8. The summed E-state index contributed by atoms with van der Waals surface area (Å²) in [6.07, 6.45) is 2.96. The van der Waals surface area contributed by atoms with Crippen LogP contribution < -0.4 is 15.4 Å². The van der Waals surface area contributed by atoms with Gasteiger partial charge in [0.25, 0.3) is 5.91 Å². The maximum atomic E-state index is 13.8. The summed E-state index contributed by atoms with van der Waals surface area (Å²) in [5.41, 5.74) is 2.23. The number of rotatable bonds is 3. The standard InChI is InChI=1S/C32H37N5O6/c1-3-37-21(2)26(20-34-37)29(39)36-15-12-32(13-16-36)19-23-5-4-6-25(17-23)43-24-9-7-22(8-10-24)18-27(30(40)41)35-28(38)11-14-33-31(32)42/h4-10,17,20,27H,3,11-16,18-19H2,1-2H3,(H,33,42)(H,35,38)(H,40,41)/t27-/m0/s1. The average Bonchev–Trinajstić information content (AvgIpc) is 3.37. The van der Waals surface area contributed by atoms with Crippen LogP contribution in [0.5, 0.6) is 11.5 Å². The molecule has 0 saturated carbocycles. The Balaban J connectivity index is 1.39. The topological polar surface area (TPSA) is 143 Å². The van der Waals surface area contributed by atoms with E-state index in [9.17, 15) is 24.3 Å². The van der Waals surface area contributed by atoms with Crippen LogP contribution in [0.2, 0.25) is 0 Å². The van der Waals surface area contributed by atoms with Gasteiger partial charge >= 0.3 is 5.97 Å². The molecule has 4 heterocycles. The van der Waals surface area contributed by atoms with E-state index in [0.29, 0.717) is 56.0 Å². The van der Waals surface area contributed by atoms with Crippen molar-refractivity contribution in [3.05, 3.63) is 77.1 Å². The van der Waals surface area contributed by atoms with Crippen molar-refractivity contribution in [3.8, 4) is 11.5 Å². The highest BCUT2D eigenvalue weighted by Crippen LogP contribution is 2.37. The minimum absolute atomic E-state index is 0.0564. The van der Waals surface area contributed by atoms with Crippen LogP contribution in [0.1, 0.15) is 53.4 Å². The van der Waals surface area contributed by atoms with Crippen LogP contribution in [-0.4, -0.2) is 69.2 Å². The second-order valence-corrected chi connectivity index (χ2v) is 11.3. The van der Waals surface area contributed by atoms with E-state index in [1.54, 1.807) is 40.0 Å². The average molecular weight is 588 g/mol. The van der Waals surface area contributed by atoms with Gasteiger partial charge in [-0.1, -0.05) is 24.3 Å². The number of piperidine rings is 1. The molecule has 0 radical (unpaired) electrons. The largest absolute Gasteiger partial charge is 0.480 e. The zero-order valence-electron chi connectivity index (χ0n) is 24.5. The molecule has 0 aliphatic carbocycles. The first kappa shape index (κ1) is 29.8. The molecule has 1 spiro atoms. The fourth-order valence-corrected chi connectivity index (χ4v) is 5.89. The third kappa shape index (κ3) is 6.71. The number of carboxylic acids is 1. The number of aryl methyl sites for hydroxylation is 1. The monoisotopic (exact) mass is 587 g/mol. The quantitative estimate of drug-likeness (QED) is 0.427. The molecule has 3 aliphatic heterocycles. The van der Waals surface area contributed by atoms with Gasteiger partial charge in [-0.05, 0) is 68.5 Å². The Morgan fingerprint density at radius 3 is 2.49 bits per heavy atom. The van der Waals surface area contributed by atoms with Crippen molar-refractivity contribution in [3.63, 3.8) is 0 Å². The van der Waals surface area contributed by atoms with Gasteiger partial charge in [0.15, 0.2) is 0 Å². The van der Waals surface area contributed by atoms with Gasteiger partial charge in [-0.15, -0.1) is 0 Å². The van der Waals surface area contributed by atoms with Gasteiger partial charge in [-0.3, -0.25) is 19.1 Å². The molecule has 0 unspecified atom stereocenters. The van der Waals surface area contributed by atoms with Crippen molar-refractivity contribution in [1.82, 2.24) is 25.3 Å². The van der Waals surface area contributed by atoms with Gasteiger partial charge in [0.2, 0.25) is 11.8 Å². The number of aliphatic carboxylic acids is 1. The molecule has 11 nitrogen and oxygen atoms in total. The lowest BCUT2D eigenvalue weighted by molar-refractivity contribution is -0.142. The molecule has 6 rings (SSSR count). The van der Waals surface area contributed by atoms with E-state index in [2.05, 4.69) is 15.7 Å². The highest BCUT2D eigenvalue weighted by atomic mass is 16.5. The lowest BCUT2D eigenvalue weighted by atomic mass is 9.72. The number of benzene rings is 2. The number of ether oxygens (including phenoxy) is 1. The Morgan fingerprint density at radius 2 is 1.81 bits per heavy atom. The minimum atomic E-state index is -1.14. The van der Waals surface area contributed by atoms with Gasteiger partial charge in [0.05, 0.1) is 17.2 Å². The van der Waals surface area contributed by atoms with E-state index in [1.165, 1.54) is 0 Å². The van der Waals surface area contributed by atoms with E-state index < -0.39 is 23.3 Å². The highest BCUT2D eigenvalue weighted by molar-refractivity contribution is 5.95. The van der Waals surface area contributed by atoms with Gasteiger partial charge in [-0.25, -0.2) is 4.79 Å². The molecule has 1 saturated heterocycles. The lowest BCUT2D eigenvalue weighted by Crippen LogP contribution is -2.52. The van der Waals surface area contributed by atoms with Crippen LogP contribution >= 0.6 is 0 Å². The molecule has 2 aromatic carbocycles. The van der Waals surface area contributed by atoms with Crippen molar-refractivity contribution in [2.75, 3.05) is 19.6 Å². The number of carbonyl (C=O) groups excluding carboxylic acids is 3. The summed E-state index contributed by atoms with van der Waals surface area (Å²) in [6, 6.07) is 13.6. The van der Waals surface area contributed by atoms with Gasteiger partial charge in [0.1, 0.15) is 17.5 Å². The lowest BCUT2D eigenvalue weighted by Gasteiger charge is -2.41. The number of hydrogen-bond acceptors (Lipinski definition) is 6. The van der Waals surface area contributed by atoms with E-state index in [-0.39, 0.29) is 31.2 Å². The number of nitrogens with one attached hydrogen (secondary N) is 2. The summed E-state index contributed by atoms with van der Waals surface area (Å²) in [5.74, 6) is -0.689. The predicted molar refractivity (Wildman–Crippen MR) is 158 cm³/mol. The highest BCUT2D eigenvalue weighted by Gasteiger charge is 2.42. The molecular formula is C32H37N5O6. The fraction of sp³-hybridized carbons (Fsp3) is 0.406. The molecule has 3 amide bonds. The van der Waals surface area contributed by atoms with E-state index >= 15 is 0 Å². The fourth-order valence-electron chi connectivity index (χ4n) is 5.89. The van der Waals surface area contributed by atoms with Crippen LogP contribution in [0.4, 0.5) is 0 Å². The Hall–Kier alpha value is -4.67. The summed E-state index contributed by atoms with van der Waals surface area (Å²) in [5, 5.41) is 19.5. The third-order valence-electron chi connectivity index (χ3n) is 8.43. The molecule has 4 bridgehead atoms. The Bertz CT molecular complexity index is 1510. The second-order valence-electron chi connectivity index (χ2n) is 11.3. The zero-order valence-corrected chi connectivity index (χ0v) is 24.5. The van der Waals surface area contributed by atoms with Gasteiger partial charge in [-0.2, -0.15) is 5.10 Å². The van der Waals surface area contributed by atoms with Crippen LogP contribution in [0.25, 0.3) is 0 Å². The van der Waals surface area contributed by atoms with Crippen LogP contribution in [0.3, 0.4) is 0 Å². The summed E-state index contributed by atoms with van der Waals surface area (Å²) < 4.78 is 7.87. The molecule has 1 aromatic heterocycles. The number of likely N-dealkylation sites (tertiary alicyclic amines) is 1. The molecular weight excluding hydrogens is 550 g/mol.